The number of benzene rings is 1. The Bertz CT molecular complexity index is 894. The Kier molecular flexibility index (Phi) is 3.31. The smallest absolute Gasteiger partial charge is 0.276 e. The predicted octanol–water partition coefficient (Wildman–Crippen LogP) is 1.49. The van der Waals surface area contributed by atoms with Crippen LogP contribution in [0.2, 0.25) is 0 Å². The summed E-state index contributed by atoms with van der Waals surface area (Å²) in [5.41, 5.74) is 9.08. The van der Waals surface area contributed by atoms with Gasteiger partial charge in [-0.05, 0) is 30.2 Å². The van der Waals surface area contributed by atoms with Crippen LogP contribution in [0.3, 0.4) is 0 Å². The molecule has 2 N–H and O–H groups in total. The molecule has 5 nitrogen and oxygen atoms in total. The number of thiocarbonyl (C=S) groups is 1. The van der Waals surface area contributed by atoms with Crippen molar-refractivity contribution in [2.24, 2.45) is 5.73 Å². The largest absolute Gasteiger partial charge is 0.389 e. The minimum atomic E-state index is -0.0622. The molecule has 106 valence electrons. The summed E-state index contributed by atoms with van der Waals surface area (Å²) in [4.78, 5) is 12.7. The zero-order chi connectivity index (χ0) is 15.0. The molecule has 6 heteroatoms. The van der Waals surface area contributed by atoms with Gasteiger partial charge in [0.1, 0.15) is 10.5 Å². The van der Waals surface area contributed by atoms with Crippen molar-refractivity contribution in [2.75, 3.05) is 0 Å². The molecule has 2 aromatic heterocycles. The third kappa shape index (κ3) is 2.45. The van der Waals surface area contributed by atoms with E-state index in [0.717, 1.165) is 16.7 Å². The van der Waals surface area contributed by atoms with Crippen LogP contribution in [0.15, 0.2) is 47.7 Å². The van der Waals surface area contributed by atoms with Crippen LogP contribution in [-0.4, -0.2) is 19.2 Å². The number of aryl methyl sites for hydroxylation is 1. The molecule has 0 aliphatic rings. The molecule has 0 aliphatic carbocycles. The topological polar surface area (TPSA) is 65.3 Å². The van der Waals surface area contributed by atoms with Crippen molar-refractivity contribution in [1.82, 2.24) is 14.2 Å². The van der Waals surface area contributed by atoms with Gasteiger partial charge in [0.15, 0.2) is 0 Å². The number of hydrogen-bond donors (Lipinski definition) is 1. The molecule has 3 aromatic rings. The summed E-state index contributed by atoms with van der Waals surface area (Å²) in [6, 6.07) is 7.49. The second-order valence-corrected chi connectivity index (χ2v) is 5.34. The monoisotopic (exact) mass is 298 g/mol. The van der Waals surface area contributed by atoms with Crippen molar-refractivity contribution in [2.45, 2.75) is 13.5 Å². The van der Waals surface area contributed by atoms with E-state index in [-0.39, 0.29) is 5.56 Å². The van der Waals surface area contributed by atoms with Crippen LogP contribution >= 0.6 is 12.2 Å². The molecule has 0 atom stereocenters. The molecule has 0 radical (unpaired) electrons. The molecular formula is C15H14N4OS. The second-order valence-electron chi connectivity index (χ2n) is 4.90. The third-order valence-corrected chi connectivity index (χ3v) is 3.74. The number of aromatic nitrogens is 3. The predicted molar refractivity (Wildman–Crippen MR) is 85.6 cm³/mol. The quantitative estimate of drug-likeness (QED) is 0.744. The first-order valence-electron chi connectivity index (χ1n) is 6.48. The molecule has 3 rings (SSSR count). The first-order valence-corrected chi connectivity index (χ1v) is 6.89. The maximum absolute atomic E-state index is 12.3. The van der Waals surface area contributed by atoms with Gasteiger partial charge in [-0.2, -0.15) is 5.10 Å². The molecule has 0 bridgehead atoms. The highest BCUT2D eigenvalue weighted by atomic mass is 32.1. The van der Waals surface area contributed by atoms with Gasteiger partial charge in [0.25, 0.3) is 5.56 Å². The van der Waals surface area contributed by atoms with Gasteiger partial charge in [-0.15, -0.1) is 0 Å². The first kappa shape index (κ1) is 13.5. The normalized spacial score (nSPS) is 10.9. The van der Waals surface area contributed by atoms with Gasteiger partial charge < -0.3 is 10.3 Å². The molecule has 0 saturated carbocycles. The fourth-order valence-corrected chi connectivity index (χ4v) is 2.42. The van der Waals surface area contributed by atoms with E-state index in [9.17, 15) is 4.79 Å². The average Bonchev–Trinajstić information content (AvgIpc) is 2.93. The van der Waals surface area contributed by atoms with Gasteiger partial charge >= 0.3 is 0 Å². The zero-order valence-corrected chi connectivity index (χ0v) is 12.3. The van der Waals surface area contributed by atoms with Crippen molar-refractivity contribution >= 4 is 22.7 Å². The van der Waals surface area contributed by atoms with Gasteiger partial charge in [-0.1, -0.05) is 24.4 Å². The number of nitrogens with zero attached hydrogens (tertiary/aromatic N) is 3. The maximum Gasteiger partial charge on any atom is 0.276 e. The molecular weight excluding hydrogens is 284 g/mol. The average molecular weight is 298 g/mol. The number of hydrogen-bond acceptors (Lipinski definition) is 3. The highest BCUT2D eigenvalue weighted by Gasteiger charge is 2.07. The Labute approximate surface area is 126 Å². The minimum Gasteiger partial charge on any atom is -0.389 e. The van der Waals surface area contributed by atoms with Gasteiger partial charge in [0.2, 0.25) is 0 Å². The highest BCUT2D eigenvalue weighted by Crippen LogP contribution is 2.12. The SMILES string of the molecule is Cc1cc(C(N)=S)ccc1Cn1ccn2nccc2c1=O. The number of rotatable bonds is 3. The summed E-state index contributed by atoms with van der Waals surface area (Å²) >= 11 is 4.97. The van der Waals surface area contributed by atoms with Crippen LogP contribution in [0, 0.1) is 6.92 Å². The standard InChI is InChI=1S/C15H14N4OS/c1-10-8-11(14(16)21)2-3-12(10)9-18-6-7-19-13(15(18)20)4-5-17-19/h2-8H,9H2,1H3,(H2,16,21). The molecule has 0 saturated heterocycles. The summed E-state index contributed by atoms with van der Waals surface area (Å²) in [5.74, 6) is 0. The number of fused-ring (bicyclic) bond motifs is 1. The lowest BCUT2D eigenvalue weighted by molar-refractivity contribution is 0.739. The maximum atomic E-state index is 12.3. The van der Waals surface area contributed by atoms with Gasteiger partial charge in [0.05, 0.1) is 12.7 Å². The van der Waals surface area contributed by atoms with Crippen LogP contribution in [0.4, 0.5) is 0 Å². The van der Waals surface area contributed by atoms with E-state index in [1.807, 2.05) is 25.1 Å². The van der Waals surface area contributed by atoms with E-state index in [4.69, 9.17) is 18.0 Å². The lowest BCUT2D eigenvalue weighted by Crippen LogP contribution is -2.22. The fraction of sp³-hybridized carbons (Fsp3) is 0.133. The Morgan fingerprint density at radius 2 is 2.14 bits per heavy atom. The van der Waals surface area contributed by atoms with E-state index < -0.39 is 0 Å². The lowest BCUT2D eigenvalue weighted by atomic mass is 10.0. The van der Waals surface area contributed by atoms with Crippen molar-refractivity contribution in [3.05, 3.63) is 69.9 Å². The molecule has 0 spiro atoms. The highest BCUT2D eigenvalue weighted by molar-refractivity contribution is 7.80. The number of nitrogens with two attached hydrogens (primary N) is 1. The van der Waals surface area contributed by atoms with Crippen LogP contribution in [0.1, 0.15) is 16.7 Å². The summed E-state index contributed by atoms with van der Waals surface area (Å²) in [7, 11) is 0. The summed E-state index contributed by atoms with van der Waals surface area (Å²) in [5, 5.41) is 4.05. The van der Waals surface area contributed by atoms with Gasteiger partial charge in [-0.25, -0.2) is 4.52 Å². The van der Waals surface area contributed by atoms with Gasteiger partial charge in [-0.3, -0.25) is 4.79 Å². The van der Waals surface area contributed by atoms with Crippen molar-refractivity contribution in [1.29, 1.82) is 0 Å². The van der Waals surface area contributed by atoms with Crippen LogP contribution in [0.25, 0.3) is 5.52 Å². The van der Waals surface area contributed by atoms with Crippen molar-refractivity contribution < 1.29 is 0 Å². The molecule has 0 fully saturated rings. The van der Waals surface area contributed by atoms with E-state index in [0.29, 0.717) is 17.0 Å². The minimum absolute atomic E-state index is 0.0622. The third-order valence-electron chi connectivity index (χ3n) is 3.51. The van der Waals surface area contributed by atoms with Crippen molar-refractivity contribution in [3.63, 3.8) is 0 Å². The van der Waals surface area contributed by atoms with Crippen LogP contribution in [-0.2, 0) is 6.54 Å². The summed E-state index contributed by atoms with van der Waals surface area (Å²) < 4.78 is 3.24. The molecule has 1 aromatic carbocycles. The van der Waals surface area contributed by atoms with E-state index in [1.54, 1.807) is 33.7 Å². The zero-order valence-electron chi connectivity index (χ0n) is 11.5. The fourth-order valence-electron chi connectivity index (χ4n) is 2.30. The molecule has 0 unspecified atom stereocenters. The summed E-state index contributed by atoms with van der Waals surface area (Å²) in [6.45, 7) is 2.49. The van der Waals surface area contributed by atoms with E-state index in [1.165, 1.54) is 0 Å². The summed E-state index contributed by atoms with van der Waals surface area (Å²) in [6.07, 6.45) is 5.13. The Balaban J connectivity index is 2.00. The Morgan fingerprint density at radius 3 is 2.86 bits per heavy atom. The molecule has 0 aliphatic heterocycles. The Hall–Kier alpha value is -2.47. The van der Waals surface area contributed by atoms with E-state index >= 15 is 0 Å². The van der Waals surface area contributed by atoms with Crippen molar-refractivity contribution in [3.8, 4) is 0 Å². The second kappa shape index (κ2) is 5.14. The van der Waals surface area contributed by atoms with Gasteiger partial charge in [0, 0.05) is 18.0 Å². The first-order chi connectivity index (χ1) is 10.1. The molecule has 21 heavy (non-hydrogen) atoms. The Morgan fingerprint density at radius 1 is 1.33 bits per heavy atom. The lowest BCUT2D eigenvalue weighted by Gasteiger charge is -2.10. The van der Waals surface area contributed by atoms with E-state index in [2.05, 4.69) is 5.10 Å². The van der Waals surface area contributed by atoms with Crippen LogP contribution in [0.5, 0.6) is 0 Å². The molecule has 0 amide bonds. The van der Waals surface area contributed by atoms with Crippen LogP contribution < -0.4 is 11.3 Å². The molecule has 2 heterocycles.